The van der Waals surface area contributed by atoms with Gasteiger partial charge in [-0.2, -0.15) is 0 Å². The Balaban J connectivity index is 2.28. The molecule has 104 valence electrons. The number of anilines is 1. The van der Waals surface area contributed by atoms with Gasteiger partial charge >= 0.3 is 0 Å². The lowest BCUT2D eigenvalue weighted by molar-refractivity contribution is 0.0963. The second kappa shape index (κ2) is 5.96. The summed E-state index contributed by atoms with van der Waals surface area (Å²) in [5.74, 6) is 1.01. The molecular weight excluding hydrogens is 320 g/mol. The SMILES string of the molecule is CNC(=O)c1ccc(Oc2ccc(C)cc2Br)c(N)c1. The number of hydrogen-bond donors (Lipinski definition) is 2. The minimum Gasteiger partial charge on any atom is -0.454 e. The average molecular weight is 335 g/mol. The van der Waals surface area contributed by atoms with Crippen LogP contribution in [0, 0.1) is 6.92 Å². The summed E-state index contributed by atoms with van der Waals surface area (Å²) < 4.78 is 6.61. The van der Waals surface area contributed by atoms with Crippen LogP contribution in [0.1, 0.15) is 15.9 Å². The van der Waals surface area contributed by atoms with Gasteiger partial charge in [-0.05, 0) is 58.7 Å². The quantitative estimate of drug-likeness (QED) is 0.844. The molecule has 0 fully saturated rings. The molecule has 2 rings (SSSR count). The van der Waals surface area contributed by atoms with E-state index in [0.29, 0.717) is 22.7 Å². The molecule has 0 unspecified atom stereocenters. The summed E-state index contributed by atoms with van der Waals surface area (Å²) in [5.41, 5.74) is 7.97. The van der Waals surface area contributed by atoms with E-state index in [1.54, 1.807) is 25.2 Å². The number of nitrogen functional groups attached to an aromatic ring is 1. The van der Waals surface area contributed by atoms with Gasteiger partial charge in [-0.3, -0.25) is 4.79 Å². The van der Waals surface area contributed by atoms with E-state index in [4.69, 9.17) is 10.5 Å². The predicted molar refractivity (Wildman–Crippen MR) is 83.2 cm³/mol. The third-order valence-electron chi connectivity index (χ3n) is 2.81. The monoisotopic (exact) mass is 334 g/mol. The molecule has 20 heavy (non-hydrogen) atoms. The van der Waals surface area contributed by atoms with Crippen molar-refractivity contribution in [2.24, 2.45) is 0 Å². The van der Waals surface area contributed by atoms with Crippen molar-refractivity contribution >= 4 is 27.5 Å². The predicted octanol–water partition coefficient (Wildman–Crippen LogP) is 3.49. The third kappa shape index (κ3) is 3.11. The van der Waals surface area contributed by atoms with Crippen LogP contribution in [0.3, 0.4) is 0 Å². The van der Waals surface area contributed by atoms with Gasteiger partial charge in [-0.1, -0.05) is 6.07 Å². The van der Waals surface area contributed by atoms with Gasteiger partial charge in [0.05, 0.1) is 10.2 Å². The molecule has 0 atom stereocenters. The molecule has 0 heterocycles. The maximum atomic E-state index is 11.5. The Labute approximate surface area is 126 Å². The number of amides is 1. The second-order valence-electron chi connectivity index (χ2n) is 4.37. The van der Waals surface area contributed by atoms with Crippen molar-refractivity contribution in [3.05, 3.63) is 52.0 Å². The number of aryl methyl sites for hydroxylation is 1. The molecule has 0 bridgehead atoms. The van der Waals surface area contributed by atoms with Crippen LogP contribution in [-0.4, -0.2) is 13.0 Å². The number of nitrogens with one attached hydrogen (secondary N) is 1. The van der Waals surface area contributed by atoms with Gasteiger partial charge in [0, 0.05) is 12.6 Å². The molecule has 0 aliphatic heterocycles. The lowest BCUT2D eigenvalue weighted by atomic mass is 10.1. The van der Waals surface area contributed by atoms with Gasteiger partial charge in [-0.25, -0.2) is 0 Å². The summed E-state index contributed by atoms with van der Waals surface area (Å²) in [6.07, 6.45) is 0. The van der Waals surface area contributed by atoms with Crippen LogP contribution in [0.15, 0.2) is 40.9 Å². The van der Waals surface area contributed by atoms with Crippen LogP contribution in [0.5, 0.6) is 11.5 Å². The van der Waals surface area contributed by atoms with Crippen LogP contribution in [0.2, 0.25) is 0 Å². The van der Waals surface area contributed by atoms with Crippen molar-refractivity contribution in [1.82, 2.24) is 5.32 Å². The lowest BCUT2D eigenvalue weighted by Gasteiger charge is -2.11. The first-order valence-electron chi connectivity index (χ1n) is 6.07. The zero-order chi connectivity index (χ0) is 14.7. The van der Waals surface area contributed by atoms with E-state index >= 15 is 0 Å². The van der Waals surface area contributed by atoms with Crippen molar-refractivity contribution in [1.29, 1.82) is 0 Å². The Bertz CT molecular complexity index is 656. The molecule has 1 amide bonds. The molecule has 0 radical (unpaired) electrons. The summed E-state index contributed by atoms with van der Waals surface area (Å²) in [6, 6.07) is 10.7. The maximum absolute atomic E-state index is 11.5. The van der Waals surface area contributed by atoms with Crippen LogP contribution in [-0.2, 0) is 0 Å². The number of benzene rings is 2. The Morgan fingerprint density at radius 3 is 2.50 bits per heavy atom. The minimum atomic E-state index is -0.181. The topological polar surface area (TPSA) is 64.3 Å². The molecule has 2 aromatic rings. The second-order valence-corrected chi connectivity index (χ2v) is 5.22. The molecule has 4 nitrogen and oxygen atoms in total. The van der Waals surface area contributed by atoms with E-state index in [2.05, 4.69) is 21.2 Å². The van der Waals surface area contributed by atoms with Crippen molar-refractivity contribution in [3.8, 4) is 11.5 Å². The van der Waals surface area contributed by atoms with E-state index in [-0.39, 0.29) is 5.91 Å². The van der Waals surface area contributed by atoms with Crippen molar-refractivity contribution < 1.29 is 9.53 Å². The molecule has 2 aromatic carbocycles. The highest BCUT2D eigenvalue weighted by Crippen LogP contribution is 2.33. The normalized spacial score (nSPS) is 10.2. The Kier molecular flexibility index (Phi) is 4.29. The fraction of sp³-hybridized carbons (Fsp3) is 0.133. The summed E-state index contributed by atoms with van der Waals surface area (Å²) in [5, 5.41) is 2.55. The Morgan fingerprint density at radius 1 is 1.20 bits per heavy atom. The van der Waals surface area contributed by atoms with Crippen LogP contribution in [0.25, 0.3) is 0 Å². The fourth-order valence-corrected chi connectivity index (χ4v) is 2.31. The van der Waals surface area contributed by atoms with Gasteiger partial charge in [0.1, 0.15) is 11.5 Å². The van der Waals surface area contributed by atoms with Crippen molar-refractivity contribution in [2.45, 2.75) is 6.92 Å². The number of hydrogen-bond acceptors (Lipinski definition) is 3. The molecule has 0 spiro atoms. The highest BCUT2D eigenvalue weighted by Gasteiger charge is 2.09. The molecule has 5 heteroatoms. The molecular formula is C15H15BrN2O2. The fourth-order valence-electron chi connectivity index (χ4n) is 1.73. The average Bonchev–Trinajstić information content (AvgIpc) is 2.42. The summed E-state index contributed by atoms with van der Waals surface area (Å²) in [6.45, 7) is 2.00. The van der Waals surface area contributed by atoms with E-state index < -0.39 is 0 Å². The highest BCUT2D eigenvalue weighted by atomic mass is 79.9. The molecule has 0 aromatic heterocycles. The molecule has 0 aliphatic carbocycles. The first-order valence-corrected chi connectivity index (χ1v) is 6.86. The molecule has 0 aliphatic rings. The standard InChI is InChI=1S/C15H15BrN2O2/c1-9-3-5-13(11(16)7-9)20-14-6-4-10(8-12(14)17)15(19)18-2/h3-8H,17H2,1-2H3,(H,18,19). The first kappa shape index (κ1) is 14.4. The molecule has 3 N–H and O–H groups in total. The number of carbonyl (C=O) groups is 1. The van der Waals surface area contributed by atoms with E-state index in [1.807, 2.05) is 25.1 Å². The Morgan fingerprint density at radius 2 is 1.90 bits per heavy atom. The zero-order valence-electron chi connectivity index (χ0n) is 11.2. The van der Waals surface area contributed by atoms with Crippen LogP contribution < -0.4 is 15.8 Å². The third-order valence-corrected chi connectivity index (χ3v) is 3.43. The Hall–Kier alpha value is -2.01. The van der Waals surface area contributed by atoms with Gasteiger partial charge in [-0.15, -0.1) is 0 Å². The van der Waals surface area contributed by atoms with Crippen LogP contribution in [0.4, 0.5) is 5.69 Å². The minimum absolute atomic E-state index is 0.181. The maximum Gasteiger partial charge on any atom is 0.251 e. The largest absolute Gasteiger partial charge is 0.454 e. The summed E-state index contributed by atoms with van der Waals surface area (Å²) in [7, 11) is 1.58. The van der Waals surface area contributed by atoms with Crippen LogP contribution >= 0.6 is 15.9 Å². The summed E-state index contributed by atoms with van der Waals surface area (Å²) >= 11 is 3.45. The number of nitrogens with two attached hydrogens (primary N) is 1. The zero-order valence-corrected chi connectivity index (χ0v) is 12.8. The van der Waals surface area contributed by atoms with Gasteiger partial charge in [0.2, 0.25) is 0 Å². The van der Waals surface area contributed by atoms with E-state index in [9.17, 15) is 4.79 Å². The smallest absolute Gasteiger partial charge is 0.251 e. The number of halogens is 1. The number of rotatable bonds is 3. The van der Waals surface area contributed by atoms with Gasteiger partial charge < -0.3 is 15.8 Å². The van der Waals surface area contributed by atoms with Gasteiger partial charge in [0.15, 0.2) is 0 Å². The number of ether oxygens (including phenoxy) is 1. The molecule has 0 saturated carbocycles. The van der Waals surface area contributed by atoms with Crippen molar-refractivity contribution in [2.75, 3.05) is 12.8 Å². The highest BCUT2D eigenvalue weighted by molar-refractivity contribution is 9.10. The summed E-state index contributed by atoms with van der Waals surface area (Å²) in [4.78, 5) is 11.5. The first-order chi connectivity index (χ1) is 9.51. The molecule has 0 saturated heterocycles. The number of carbonyl (C=O) groups excluding carboxylic acids is 1. The van der Waals surface area contributed by atoms with E-state index in [0.717, 1.165) is 10.0 Å². The lowest BCUT2D eigenvalue weighted by Crippen LogP contribution is -2.17. The van der Waals surface area contributed by atoms with E-state index in [1.165, 1.54) is 0 Å². The van der Waals surface area contributed by atoms with Gasteiger partial charge in [0.25, 0.3) is 5.91 Å². The van der Waals surface area contributed by atoms with Crippen molar-refractivity contribution in [3.63, 3.8) is 0 Å².